The Morgan fingerprint density at radius 3 is 2.84 bits per heavy atom. The molecular weight excluding hydrogens is 332 g/mol. The first-order valence-corrected chi connectivity index (χ1v) is 9.41. The molecule has 4 rings (SSSR count). The second-order valence-electron chi connectivity index (χ2n) is 6.22. The molecule has 1 fully saturated rings. The Morgan fingerprint density at radius 2 is 2.04 bits per heavy atom. The molecule has 6 nitrogen and oxygen atoms in total. The minimum absolute atomic E-state index is 0.547. The van der Waals surface area contributed by atoms with Gasteiger partial charge in [-0.1, -0.05) is 12.8 Å². The molecule has 128 valence electrons. The Kier molecular flexibility index (Phi) is 4.56. The van der Waals surface area contributed by atoms with Crippen molar-refractivity contribution in [3.05, 3.63) is 41.5 Å². The van der Waals surface area contributed by atoms with Gasteiger partial charge in [0.15, 0.2) is 5.82 Å². The Hall–Kier alpha value is -2.54. The van der Waals surface area contributed by atoms with Gasteiger partial charge in [-0.2, -0.15) is 16.3 Å². The van der Waals surface area contributed by atoms with Crippen LogP contribution < -0.4 is 10.2 Å². The molecule has 3 aromatic heterocycles. The zero-order chi connectivity index (χ0) is 17.1. The Morgan fingerprint density at radius 1 is 1.16 bits per heavy atom. The number of rotatable bonds is 5. The van der Waals surface area contributed by atoms with E-state index >= 15 is 0 Å². The highest BCUT2D eigenvalue weighted by molar-refractivity contribution is 7.08. The van der Waals surface area contributed by atoms with E-state index in [9.17, 15) is 0 Å². The van der Waals surface area contributed by atoms with Gasteiger partial charge >= 0.3 is 0 Å². The average Bonchev–Trinajstić information content (AvgIpc) is 3.35. The van der Waals surface area contributed by atoms with Crippen molar-refractivity contribution in [1.82, 2.24) is 19.9 Å². The number of anilines is 3. The lowest BCUT2D eigenvalue weighted by Crippen LogP contribution is -2.29. The lowest BCUT2D eigenvalue weighted by atomic mass is 10.2. The van der Waals surface area contributed by atoms with E-state index in [1.807, 2.05) is 29.1 Å². The van der Waals surface area contributed by atoms with Crippen molar-refractivity contribution in [1.29, 1.82) is 0 Å². The first-order valence-electron chi connectivity index (χ1n) is 8.47. The topological polar surface area (TPSA) is 66.8 Å². The van der Waals surface area contributed by atoms with Gasteiger partial charge in [-0.25, -0.2) is 15.0 Å². The molecule has 0 aromatic carbocycles. The molecule has 3 aromatic rings. The summed E-state index contributed by atoms with van der Waals surface area (Å²) in [5, 5.41) is 7.23. The van der Waals surface area contributed by atoms with Crippen molar-refractivity contribution in [2.75, 3.05) is 17.3 Å². The van der Waals surface area contributed by atoms with Crippen LogP contribution in [-0.2, 0) is 0 Å². The van der Waals surface area contributed by atoms with Crippen LogP contribution in [-0.4, -0.2) is 33.0 Å². The highest BCUT2D eigenvalue weighted by Gasteiger charge is 2.21. The van der Waals surface area contributed by atoms with Crippen molar-refractivity contribution >= 4 is 28.8 Å². The summed E-state index contributed by atoms with van der Waals surface area (Å²) in [6.07, 6.45) is 8.45. The lowest BCUT2D eigenvalue weighted by molar-refractivity contribution is 0.646. The van der Waals surface area contributed by atoms with Gasteiger partial charge in [0.2, 0.25) is 5.95 Å². The lowest BCUT2D eigenvalue weighted by Gasteiger charge is -2.25. The van der Waals surface area contributed by atoms with Crippen molar-refractivity contribution in [2.45, 2.75) is 31.7 Å². The molecule has 0 spiro atoms. The monoisotopic (exact) mass is 352 g/mol. The third-order valence-electron chi connectivity index (χ3n) is 4.59. The van der Waals surface area contributed by atoms with Gasteiger partial charge in [-0.15, -0.1) is 0 Å². The van der Waals surface area contributed by atoms with E-state index in [4.69, 9.17) is 0 Å². The SMILES string of the molecule is CN(c1cc(-c2ncnc(Nc3ccsc3)n2)ccn1)C1CCCC1. The van der Waals surface area contributed by atoms with E-state index in [1.165, 1.54) is 32.0 Å². The molecule has 25 heavy (non-hydrogen) atoms. The van der Waals surface area contributed by atoms with Crippen LogP contribution in [0, 0.1) is 0 Å². The first-order chi connectivity index (χ1) is 12.3. The number of pyridine rings is 1. The fourth-order valence-corrected chi connectivity index (χ4v) is 3.78. The summed E-state index contributed by atoms with van der Waals surface area (Å²) in [5.74, 6) is 2.17. The van der Waals surface area contributed by atoms with Gasteiger partial charge in [0, 0.05) is 30.2 Å². The summed E-state index contributed by atoms with van der Waals surface area (Å²) < 4.78 is 0. The molecule has 0 unspecified atom stereocenters. The molecule has 0 saturated heterocycles. The zero-order valence-corrected chi connectivity index (χ0v) is 14.9. The largest absolute Gasteiger partial charge is 0.357 e. The second kappa shape index (κ2) is 7.14. The fourth-order valence-electron chi connectivity index (χ4n) is 3.19. The highest BCUT2D eigenvalue weighted by atomic mass is 32.1. The van der Waals surface area contributed by atoms with E-state index in [2.05, 4.69) is 43.3 Å². The van der Waals surface area contributed by atoms with Crippen LogP contribution in [0.2, 0.25) is 0 Å². The maximum absolute atomic E-state index is 4.54. The van der Waals surface area contributed by atoms with Crippen molar-refractivity contribution in [2.24, 2.45) is 0 Å². The molecule has 1 saturated carbocycles. The molecule has 3 heterocycles. The van der Waals surface area contributed by atoms with Crippen LogP contribution in [0.3, 0.4) is 0 Å². The zero-order valence-electron chi connectivity index (χ0n) is 14.1. The highest BCUT2D eigenvalue weighted by Crippen LogP contribution is 2.28. The molecule has 0 bridgehead atoms. The number of thiophene rings is 1. The number of aromatic nitrogens is 4. The van der Waals surface area contributed by atoms with Crippen LogP contribution in [0.25, 0.3) is 11.4 Å². The first kappa shape index (κ1) is 16.0. The van der Waals surface area contributed by atoms with Gasteiger partial charge in [0.05, 0.1) is 5.69 Å². The molecule has 1 N–H and O–H groups in total. The van der Waals surface area contributed by atoms with Gasteiger partial charge in [-0.3, -0.25) is 0 Å². The number of nitrogens with one attached hydrogen (secondary N) is 1. The summed E-state index contributed by atoms with van der Waals surface area (Å²) >= 11 is 1.63. The molecule has 7 heteroatoms. The summed E-state index contributed by atoms with van der Waals surface area (Å²) in [6.45, 7) is 0. The normalized spacial score (nSPS) is 14.6. The number of nitrogens with zero attached hydrogens (tertiary/aromatic N) is 5. The van der Waals surface area contributed by atoms with E-state index in [0.717, 1.165) is 17.1 Å². The minimum atomic E-state index is 0.547. The quantitative estimate of drug-likeness (QED) is 0.745. The van der Waals surface area contributed by atoms with Gasteiger partial charge in [0.1, 0.15) is 12.1 Å². The van der Waals surface area contributed by atoms with Gasteiger partial charge < -0.3 is 10.2 Å². The van der Waals surface area contributed by atoms with Crippen molar-refractivity contribution in [3.8, 4) is 11.4 Å². The van der Waals surface area contributed by atoms with E-state index in [0.29, 0.717) is 17.8 Å². The van der Waals surface area contributed by atoms with Crippen LogP contribution in [0.1, 0.15) is 25.7 Å². The summed E-state index contributed by atoms with van der Waals surface area (Å²) in [4.78, 5) is 19.9. The van der Waals surface area contributed by atoms with E-state index in [-0.39, 0.29) is 0 Å². The standard InChI is InChI=1S/C18H20N6S/c1-24(15-4-2-3-5-15)16-10-13(6-8-19-16)17-20-12-21-18(23-17)22-14-7-9-25-11-14/h6-12,15H,2-5H2,1H3,(H,20,21,22,23). The molecular formula is C18H20N6S. The minimum Gasteiger partial charge on any atom is -0.357 e. The third kappa shape index (κ3) is 3.61. The van der Waals surface area contributed by atoms with Crippen LogP contribution in [0.5, 0.6) is 0 Å². The molecule has 0 atom stereocenters. The summed E-state index contributed by atoms with van der Waals surface area (Å²) in [7, 11) is 2.12. The number of hydrogen-bond donors (Lipinski definition) is 1. The summed E-state index contributed by atoms with van der Waals surface area (Å²) in [6, 6.07) is 6.57. The molecule has 1 aliphatic carbocycles. The van der Waals surface area contributed by atoms with Crippen LogP contribution in [0.4, 0.5) is 17.5 Å². The second-order valence-corrected chi connectivity index (χ2v) is 7.00. The Balaban J connectivity index is 1.58. The molecule has 0 amide bonds. The smallest absolute Gasteiger partial charge is 0.230 e. The fraction of sp³-hybridized carbons (Fsp3) is 0.333. The predicted octanol–water partition coefficient (Wildman–Crippen LogP) is 4.12. The molecule has 1 aliphatic rings. The van der Waals surface area contributed by atoms with E-state index < -0.39 is 0 Å². The maximum atomic E-state index is 4.54. The Bertz CT molecular complexity index is 829. The van der Waals surface area contributed by atoms with E-state index in [1.54, 1.807) is 11.3 Å². The van der Waals surface area contributed by atoms with Crippen molar-refractivity contribution < 1.29 is 0 Å². The van der Waals surface area contributed by atoms with Crippen molar-refractivity contribution in [3.63, 3.8) is 0 Å². The molecule has 0 aliphatic heterocycles. The molecule has 0 radical (unpaired) electrons. The van der Waals surface area contributed by atoms with Crippen LogP contribution >= 0.6 is 11.3 Å². The van der Waals surface area contributed by atoms with Gasteiger partial charge in [0.25, 0.3) is 0 Å². The third-order valence-corrected chi connectivity index (χ3v) is 5.27. The van der Waals surface area contributed by atoms with Crippen LogP contribution in [0.15, 0.2) is 41.5 Å². The predicted molar refractivity (Wildman–Crippen MR) is 101 cm³/mol. The average molecular weight is 352 g/mol. The number of hydrogen-bond acceptors (Lipinski definition) is 7. The maximum Gasteiger partial charge on any atom is 0.230 e. The van der Waals surface area contributed by atoms with Gasteiger partial charge in [-0.05, 0) is 36.4 Å². The summed E-state index contributed by atoms with van der Waals surface area (Å²) in [5.41, 5.74) is 1.93. The Labute approximate surface area is 151 Å².